The number of piperidine rings is 1. The van der Waals surface area contributed by atoms with Crippen molar-refractivity contribution in [1.29, 1.82) is 0 Å². The molecule has 30 heavy (non-hydrogen) atoms. The summed E-state index contributed by atoms with van der Waals surface area (Å²) in [6.45, 7) is 5.17. The maximum atomic E-state index is 13.9. The Bertz CT molecular complexity index is 1050. The number of pyridine rings is 2. The topological polar surface area (TPSA) is 63.9 Å². The van der Waals surface area contributed by atoms with Crippen LogP contribution in [-0.4, -0.2) is 55.7 Å². The number of rotatable bonds is 6. The highest BCUT2D eigenvalue weighted by molar-refractivity contribution is 5.87. The standard InChI is InChI=1S/C23H28FN5O/c1-23(2,24)15-29-6-4-16(5-7-29)22(30)10-20-8-17-9-21(19-13-27-28(3)14-19)26-12-18(17)11-25-20/h8-9,11-14,16H,4-7,10,15H2,1-3H3. The quantitative estimate of drug-likeness (QED) is 0.622. The Kier molecular flexibility index (Phi) is 5.64. The van der Waals surface area contributed by atoms with Crippen molar-refractivity contribution in [1.82, 2.24) is 24.6 Å². The van der Waals surface area contributed by atoms with E-state index in [2.05, 4.69) is 20.0 Å². The van der Waals surface area contributed by atoms with E-state index in [1.54, 1.807) is 37.1 Å². The SMILES string of the molecule is Cn1cc(-c2cc3cc(CC(=O)C4CCN(CC(C)(C)F)CC4)ncc3cn2)cn1. The fourth-order valence-corrected chi connectivity index (χ4v) is 4.16. The van der Waals surface area contributed by atoms with Gasteiger partial charge in [-0.25, -0.2) is 4.39 Å². The molecule has 4 heterocycles. The van der Waals surface area contributed by atoms with Crippen LogP contribution in [0.2, 0.25) is 0 Å². The zero-order valence-corrected chi connectivity index (χ0v) is 17.8. The molecule has 0 amide bonds. The summed E-state index contributed by atoms with van der Waals surface area (Å²) < 4.78 is 15.6. The maximum absolute atomic E-state index is 13.9. The van der Waals surface area contributed by atoms with Gasteiger partial charge in [0.15, 0.2) is 0 Å². The Morgan fingerprint density at radius 3 is 2.53 bits per heavy atom. The van der Waals surface area contributed by atoms with Crippen molar-refractivity contribution in [3.8, 4) is 11.3 Å². The molecule has 1 aliphatic heterocycles. The van der Waals surface area contributed by atoms with Gasteiger partial charge in [0.25, 0.3) is 0 Å². The number of hydrogen-bond acceptors (Lipinski definition) is 5. The largest absolute Gasteiger partial charge is 0.300 e. The lowest BCUT2D eigenvalue weighted by Crippen LogP contribution is -2.42. The number of ketones is 1. The molecule has 0 aliphatic carbocycles. The maximum Gasteiger partial charge on any atom is 0.142 e. The van der Waals surface area contributed by atoms with Crippen molar-refractivity contribution in [2.24, 2.45) is 13.0 Å². The number of carbonyl (C=O) groups excluding carboxylic acids is 1. The van der Waals surface area contributed by atoms with Gasteiger partial charge in [-0.05, 0) is 57.3 Å². The molecule has 0 unspecified atom stereocenters. The van der Waals surface area contributed by atoms with Crippen molar-refractivity contribution in [2.45, 2.75) is 38.8 Å². The molecule has 4 rings (SSSR count). The molecule has 0 saturated carbocycles. The van der Waals surface area contributed by atoms with Gasteiger partial charge in [0.1, 0.15) is 11.5 Å². The van der Waals surface area contributed by atoms with E-state index in [9.17, 15) is 9.18 Å². The summed E-state index contributed by atoms with van der Waals surface area (Å²) in [5.41, 5.74) is 1.39. The number of aromatic nitrogens is 4. The molecule has 3 aromatic heterocycles. The highest BCUT2D eigenvalue weighted by Gasteiger charge is 2.28. The number of hydrogen-bond donors (Lipinski definition) is 0. The average molecular weight is 410 g/mol. The molecule has 0 atom stereocenters. The van der Waals surface area contributed by atoms with E-state index in [-0.39, 0.29) is 11.7 Å². The summed E-state index contributed by atoms with van der Waals surface area (Å²) in [6.07, 6.45) is 9.21. The molecule has 0 bridgehead atoms. The van der Waals surface area contributed by atoms with E-state index >= 15 is 0 Å². The fraction of sp³-hybridized carbons (Fsp3) is 0.478. The van der Waals surface area contributed by atoms with Gasteiger partial charge in [-0.1, -0.05) is 0 Å². The number of carbonyl (C=O) groups is 1. The van der Waals surface area contributed by atoms with Crippen LogP contribution in [0.4, 0.5) is 4.39 Å². The molecular formula is C23H28FN5O. The average Bonchev–Trinajstić information content (AvgIpc) is 3.13. The molecule has 0 radical (unpaired) electrons. The number of Topliss-reactive ketones (excluding diaryl/α,β-unsaturated/α-hetero) is 1. The highest BCUT2D eigenvalue weighted by atomic mass is 19.1. The number of likely N-dealkylation sites (tertiary alicyclic amines) is 1. The molecule has 0 spiro atoms. The van der Waals surface area contributed by atoms with Gasteiger partial charge in [0, 0.05) is 61.2 Å². The van der Waals surface area contributed by atoms with Crippen LogP contribution in [0.15, 0.2) is 36.9 Å². The summed E-state index contributed by atoms with van der Waals surface area (Å²) in [6, 6.07) is 3.99. The van der Waals surface area contributed by atoms with Crippen molar-refractivity contribution < 1.29 is 9.18 Å². The molecular weight excluding hydrogens is 381 g/mol. The Morgan fingerprint density at radius 1 is 1.13 bits per heavy atom. The monoisotopic (exact) mass is 409 g/mol. The van der Waals surface area contributed by atoms with Gasteiger partial charge < -0.3 is 4.90 Å². The summed E-state index contributed by atoms with van der Waals surface area (Å²) in [5, 5.41) is 6.16. The lowest BCUT2D eigenvalue weighted by molar-refractivity contribution is -0.123. The van der Waals surface area contributed by atoms with Crippen molar-refractivity contribution >= 4 is 16.6 Å². The summed E-state index contributed by atoms with van der Waals surface area (Å²) >= 11 is 0. The zero-order chi connectivity index (χ0) is 21.3. The Hall–Kier alpha value is -2.67. The van der Waals surface area contributed by atoms with Crippen LogP contribution in [0, 0.1) is 5.92 Å². The first-order valence-corrected chi connectivity index (χ1v) is 10.4. The third-order valence-electron chi connectivity index (χ3n) is 5.66. The second-order valence-electron chi connectivity index (χ2n) is 8.91. The van der Waals surface area contributed by atoms with Crippen LogP contribution < -0.4 is 0 Å². The second kappa shape index (κ2) is 8.22. The van der Waals surface area contributed by atoms with Crippen LogP contribution >= 0.6 is 0 Å². The molecule has 7 heteroatoms. The number of halogens is 1. The van der Waals surface area contributed by atoms with Gasteiger partial charge >= 0.3 is 0 Å². The van der Waals surface area contributed by atoms with Gasteiger partial charge in [-0.3, -0.25) is 19.4 Å². The van der Waals surface area contributed by atoms with Crippen molar-refractivity contribution in [3.05, 3.63) is 42.6 Å². The zero-order valence-electron chi connectivity index (χ0n) is 17.8. The molecule has 1 fully saturated rings. The highest BCUT2D eigenvalue weighted by Crippen LogP contribution is 2.24. The summed E-state index contributed by atoms with van der Waals surface area (Å²) in [5.74, 6) is 0.257. The van der Waals surface area contributed by atoms with Gasteiger partial charge in [-0.2, -0.15) is 5.10 Å². The fourth-order valence-electron chi connectivity index (χ4n) is 4.16. The van der Waals surface area contributed by atoms with E-state index in [0.717, 1.165) is 53.7 Å². The normalized spacial score (nSPS) is 16.3. The minimum Gasteiger partial charge on any atom is -0.300 e. The van der Waals surface area contributed by atoms with E-state index in [1.807, 2.05) is 25.4 Å². The Labute approximate surface area is 176 Å². The van der Waals surface area contributed by atoms with Crippen molar-refractivity contribution in [2.75, 3.05) is 19.6 Å². The van der Waals surface area contributed by atoms with E-state index < -0.39 is 5.67 Å². The van der Waals surface area contributed by atoms with Gasteiger partial charge in [-0.15, -0.1) is 0 Å². The third-order valence-corrected chi connectivity index (χ3v) is 5.66. The molecule has 3 aromatic rings. The Morgan fingerprint density at radius 2 is 1.87 bits per heavy atom. The molecule has 6 nitrogen and oxygen atoms in total. The minimum atomic E-state index is -1.20. The first kappa shape index (κ1) is 20.6. The van der Waals surface area contributed by atoms with Crippen molar-refractivity contribution in [3.63, 3.8) is 0 Å². The van der Waals surface area contributed by atoms with Crippen LogP contribution in [0.25, 0.3) is 22.0 Å². The summed E-state index contributed by atoms with van der Waals surface area (Å²) in [4.78, 5) is 23.9. The van der Waals surface area contributed by atoms with E-state index in [0.29, 0.717) is 13.0 Å². The molecule has 0 aromatic carbocycles. The number of fused-ring (bicyclic) bond motifs is 1. The van der Waals surface area contributed by atoms with Crippen LogP contribution in [0.1, 0.15) is 32.4 Å². The smallest absolute Gasteiger partial charge is 0.142 e. The molecule has 1 saturated heterocycles. The second-order valence-corrected chi connectivity index (χ2v) is 8.91. The van der Waals surface area contributed by atoms with E-state index in [1.165, 1.54) is 0 Å². The van der Waals surface area contributed by atoms with Gasteiger partial charge in [0.2, 0.25) is 0 Å². The van der Waals surface area contributed by atoms with Crippen LogP contribution in [0.3, 0.4) is 0 Å². The van der Waals surface area contributed by atoms with Crippen LogP contribution in [-0.2, 0) is 18.3 Å². The predicted octanol–water partition coefficient (Wildman–Crippen LogP) is 3.60. The van der Waals surface area contributed by atoms with E-state index in [4.69, 9.17) is 0 Å². The third kappa shape index (κ3) is 4.90. The molecule has 1 aliphatic rings. The molecule has 0 N–H and O–H groups in total. The lowest BCUT2D eigenvalue weighted by atomic mass is 9.89. The minimum absolute atomic E-state index is 0.0323. The number of nitrogens with zero attached hydrogens (tertiary/aromatic N) is 5. The first-order chi connectivity index (χ1) is 14.3. The Balaban J connectivity index is 1.43. The summed E-state index contributed by atoms with van der Waals surface area (Å²) in [7, 11) is 1.88. The van der Waals surface area contributed by atoms with Gasteiger partial charge in [0.05, 0.1) is 11.9 Å². The van der Waals surface area contributed by atoms with Crippen LogP contribution in [0.5, 0.6) is 0 Å². The lowest BCUT2D eigenvalue weighted by Gasteiger charge is -2.33. The number of alkyl halides is 1. The number of aryl methyl sites for hydroxylation is 1. The predicted molar refractivity (Wildman–Crippen MR) is 115 cm³/mol. The first-order valence-electron chi connectivity index (χ1n) is 10.4. The molecule has 158 valence electrons.